The van der Waals surface area contributed by atoms with Crippen molar-refractivity contribution in [1.29, 1.82) is 0 Å². The molecule has 0 aliphatic carbocycles. The van der Waals surface area contributed by atoms with E-state index in [-0.39, 0.29) is 52.5 Å². The van der Waals surface area contributed by atoms with E-state index < -0.39 is 36.9 Å². The highest BCUT2D eigenvalue weighted by molar-refractivity contribution is 7.20. The Morgan fingerprint density at radius 3 is 2.33 bits per heavy atom. The zero-order chi connectivity index (χ0) is 36.9. The summed E-state index contributed by atoms with van der Waals surface area (Å²) in [6.07, 6.45) is -2.51. The highest BCUT2D eigenvalue weighted by atomic mass is 32.1. The van der Waals surface area contributed by atoms with Gasteiger partial charge in [0.15, 0.2) is 12.0 Å². The van der Waals surface area contributed by atoms with Gasteiger partial charge in [-0.25, -0.2) is 23.6 Å². The predicted octanol–water partition coefficient (Wildman–Crippen LogP) is 5.59. The van der Waals surface area contributed by atoms with Crippen molar-refractivity contribution < 1.29 is 42.9 Å². The molecule has 270 valence electrons. The molecular formula is C35H33F2N7O7S. The maximum Gasteiger partial charge on any atom is 0.418 e. The summed E-state index contributed by atoms with van der Waals surface area (Å²) in [6, 6.07) is 18.0. The number of benzene rings is 2. The third-order valence-electron chi connectivity index (χ3n) is 8.14. The van der Waals surface area contributed by atoms with Crippen LogP contribution in [0.25, 0.3) is 10.4 Å². The Balaban J connectivity index is 1.46. The zero-order valence-corrected chi connectivity index (χ0v) is 28.9. The van der Waals surface area contributed by atoms with E-state index in [2.05, 4.69) is 20.5 Å². The molecule has 1 aliphatic heterocycles. The first-order valence-electron chi connectivity index (χ1n) is 15.9. The second-order valence-corrected chi connectivity index (χ2v) is 12.2. The number of nitrogens with one attached hydrogen (secondary N) is 1. The van der Waals surface area contributed by atoms with Crippen LogP contribution in [0.3, 0.4) is 0 Å². The summed E-state index contributed by atoms with van der Waals surface area (Å²) in [5.74, 6) is -1.36. The van der Waals surface area contributed by atoms with Crippen LogP contribution >= 0.6 is 11.3 Å². The van der Waals surface area contributed by atoms with E-state index in [9.17, 15) is 19.8 Å². The normalized spacial score (nSPS) is 15.2. The standard InChI is InChI=1S/C35H33F2N7O7S/c1-4-29(45)43(50-3)19-23-30-32(46)44(27-15-16-28(49-2)41-40-27)35(48)42(18-22-24(36)11-8-12-25(22)37)33(30)52-31(23)20-13-14-26(38-17-20)39-34(47)51-21-9-6-5-7-10-21/h5-17,32,35,46,48H,4,18-19H2,1-3H3,(H,38,39,47). The molecule has 0 fully saturated rings. The van der Waals surface area contributed by atoms with Crippen molar-refractivity contribution in [2.24, 2.45) is 0 Å². The number of hydrogen-bond acceptors (Lipinski definition) is 13. The number of methoxy groups -OCH3 is 1. The van der Waals surface area contributed by atoms with Crippen LogP contribution in [-0.2, 0) is 22.7 Å². The molecule has 14 nitrogen and oxygen atoms in total. The maximum absolute atomic E-state index is 15.1. The topological polar surface area (TPSA) is 163 Å². The van der Waals surface area contributed by atoms with E-state index in [1.54, 1.807) is 43.3 Å². The van der Waals surface area contributed by atoms with Gasteiger partial charge in [0.05, 0.1) is 27.3 Å². The number of ether oxygens (including phenoxy) is 2. The average molecular weight is 734 g/mol. The zero-order valence-electron chi connectivity index (χ0n) is 28.1. The third-order valence-corrected chi connectivity index (χ3v) is 9.47. The van der Waals surface area contributed by atoms with Crippen LogP contribution in [0.1, 0.15) is 36.3 Å². The quantitative estimate of drug-likeness (QED) is 0.145. The largest absolute Gasteiger partial charge is 0.480 e. The molecule has 6 rings (SSSR count). The number of thiophene rings is 1. The molecule has 17 heteroatoms. The number of hydrogen-bond donors (Lipinski definition) is 3. The van der Waals surface area contributed by atoms with Crippen LogP contribution in [0.15, 0.2) is 79.0 Å². The van der Waals surface area contributed by atoms with Crippen molar-refractivity contribution in [2.45, 2.75) is 39.0 Å². The SMILES string of the molecule is CCC(=O)N(Cc1c(-c2ccc(NC(=O)Oc3ccccc3)nc2)sc2c1C(O)N(c1ccc(OC)nn1)C(O)N2Cc1c(F)cccc1F)OC. The minimum atomic E-state index is -1.71. The second kappa shape index (κ2) is 15.6. The number of rotatable bonds is 11. The van der Waals surface area contributed by atoms with Crippen LogP contribution < -0.4 is 24.6 Å². The number of hydroxylamine groups is 2. The van der Waals surface area contributed by atoms with Gasteiger partial charge in [0.2, 0.25) is 18.1 Å². The molecule has 3 aromatic heterocycles. The van der Waals surface area contributed by atoms with Crippen LogP contribution in [0, 0.1) is 11.6 Å². The van der Waals surface area contributed by atoms with Crippen molar-refractivity contribution >= 4 is 40.0 Å². The van der Waals surface area contributed by atoms with Gasteiger partial charge in [-0.2, -0.15) is 0 Å². The van der Waals surface area contributed by atoms with Gasteiger partial charge in [-0.1, -0.05) is 31.2 Å². The van der Waals surface area contributed by atoms with E-state index in [1.807, 2.05) is 0 Å². The van der Waals surface area contributed by atoms with E-state index in [1.165, 1.54) is 49.6 Å². The molecule has 2 aromatic carbocycles. The van der Waals surface area contributed by atoms with Crippen LogP contribution in [0.4, 0.5) is 30.2 Å². The number of aliphatic hydroxyl groups excluding tert-OH is 2. The minimum Gasteiger partial charge on any atom is -0.480 e. The smallest absolute Gasteiger partial charge is 0.418 e. The van der Waals surface area contributed by atoms with Gasteiger partial charge in [0.1, 0.15) is 28.2 Å². The fourth-order valence-corrected chi connectivity index (χ4v) is 6.91. The van der Waals surface area contributed by atoms with Gasteiger partial charge < -0.3 is 24.6 Å². The first-order chi connectivity index (χ1) is 25.1. The third kappa shape index (κ3) is 7.33. The van der Waals surface area contributed by atoms with E-state index in [0.717, 1.165) is 33.4 Å². The van der Waals surface area contributed by atoms with Gasteiger partial charge in [0.25, 0.3) is 0 Å². The van der Waals surface area contributed by atoms with Crippen molar-refractivity contribution in [3.63, 3.8) is 0 Å². The number of carbonyl (C=O) groups excluding carboxylic acids is 2. The number of anilines is 3. The van der Waals surface area contributed by atoms with Crippen LogP contribution in [0.5, 0.6) is 11.6 Å². The molecule has 0 saturated heterocycles. The summed E-state index contributed by atoms with van der Waals surface area (Å²) in [7, 11) is 2.73. The summed E-state index contributed by atoms with van der Waals surface area (Å²) in [5, 5.41) is 35.9. The van der Waals surface area contributed by atoms with Gasteiger partial charge in [-0.05, 0) is 42.5 Å². The van der Waals surface area contributed by atoms with E-state index in [0.29, 0.717) is 21.8 Å². The number of para-hydroxylation sites is 1. The second-order valence-electron chi connectivity index (χ2n) is 11.2. The Kier molecular flexibility index (Phi) is 10.8. The number of halogens is 2. The Labute approximate surface area is 300 Å². The lowest BCUT2D eigenvalue weighted by atomic mass is 10.0. The number of fused-ring (bicyclic) bond motifs is 1. The fraction of sp³-hybridized carbons (Fsp3) is 0.229. The number of aliphatic hydroxyl groups is 2. The highest BCUT2D eigenvalue weighted by Gasteiger charge is 2.43. The van der Waals surface area contributed by atoms with Gasteiger partial charge >= 0.3 is 6.09 Å². The average Bonchev–Trinajstić information content (AvgIpc) is 3.53. The van der Waals surface area contributed by atoms with Crippen molar-refractivity contribution in [2.75, 3.05) is 29.3 Å². The molecule has 5 aromatic rings. The Morgan fingerprint density at radius 1 is 0.962 bits per heavy atom. The molecule has 1 aliphatic rings. The van der Waals surface area contributed by atoms with Crippen LogP contribution in [-0.4, -0.2) is 63.0 Å². The number of nitrogens with zero attached hydrogens (tertiary/aromatic N) is 6. The number of carbonyl (C=O) groups is 2. The highest BCUT2D eigenvalue weighted by Crippen LogP contribution is 2.51. The molecule has 3 N–H and O–H groups in total. The predicted molar refractivity (Wildman–Crippen MR) is 186 cm³/mol. The van der Waals surface area contributed by atoms with E-state index in [4.69, 9.17) is 14.3 Å². The molecule has 52 heavy (non-hydrogen) atoms. The van der Waals surface area contributed by atoms with Gasteiger partial charge in [-0.15, -0.1) is 21.5 Å². The first-order valence-corrected chi connectivity index (χ1v) is 16.7. The number of amides is 2. The van der Waals surface area contributed by atoms with Crippen LogP contribution in [0.2, 0.25) is 0 Å². The first kappa shape index (κ1) is 36.1. The molecule has 0 spiro atoms. The van der Waals surface area contributed by atoms with Gasteiger partial charge in [-0.3, -0.25) is 19.8 Å². The van der Waals surface area contributed by atoms with E-state index >= 15 is 8.78 Å². The number of aromatic nitrogens is 3. The Morgan fingerprint density at radius 2 is 1.71 bits per heavy atom. The molecule has 0 bridgehead atoms. The van der Waals surface area contributed by atoms with Crippen molar-refractivity contribution in [3.8, 4) is 22.1 Å². The molecule has 0 saturated carbocycles. The maximum atomic E-state index is 15.1. The Hall–Kier alpha value is -5.75. The van der Waals surface area contributed by atoms with Gasteiger partial charge in [0, 0.05) is 45.8 Å². The lowest BCUT2D eigenvalue weighted by Crippen LogP contribution is -2.54. The molecule has 2 atom stereocenters. The lowest BCUT2D eigenvalue weighted by molar-refractivity contribution is -0.179. The summed E-state index contributed by atoms with van der Waals surface area (Å²) in [4.78, 5) is 38.2. The molecule has 0 radical (unpaired) electrons. The molecule has 2 amide bonds. The summed E-state index contributed by atoms with van der Waals surface area (Å²) < 4.78 is 40.6. The summed E-state index contributed by atoms with van der Waals surface area (Å²) in [5.41, 5.74) is 0.755. The van der Waals surface area contributed by atoms with Crippen molar-refractivity contribution in [3.05, 3.63) is 107 Å². The summed E-state index contributed by atoms with van der Waals surface area (Å²) in [6.45, 7) is 1.02. The molecular weight excluding hydrogens is 700 g/mol. The Bertz CT molecular complexity index is 2020. The van der Waals surface area contributed by atoms with Crippen molar-refractivity contribution in [1.82, 2.24) is 20.2 Å². The lowest BCUT2D eigenvalue weighted by Gasteiger charge is -2.44. The minimum absolute atomic E-state index is 0.0110. The molecule has 2 unspecified atom stereocenters. The fourth-order valence-electron chi connectivity index (χ4n) is 5.57. The summed E-state index contributed by atoms with van der Waals surface area (Å²) >= 11 is 1.09. The number of pyridine rings is 1. The molecule has 4 heterocycles. The monoisotopic (exact) mass is 733 g/mol.